The van der Waals surface area contributed by atoms with Crippen LogP contribution in [0.3, 0.4) is 0 Å². The summed E-state index contributed by atoms with van der Waals surface area (Å²) in [6, 6.07) is 10.4. The molecule has 2 heterocycles. The molecular formula is C17H23NO2. The molecule has 3 nitrogen and oxygen atoms in total. The number of carbonyl (C=O) groups is 1. The van der Waals surface area contributed by atoms with E-state index in [9.17, 15) is 4.79 Å². The van der Waals surface area contributed by atoms with Gasteiger partial charge < -0.3 is 4.74 Å². The lowest BCUT2D eigenvalue weighted by Gasteiger charge is -2.36. The molecule has 0 saturated carbocycles. The van der Waals surface area contributed by atoms with E-state index in [1.807, 2.05) is 30.3 Å². The Kier molecular flexibility index (Phi) is 3.55. The summed E-state index contributed by atoms with van der Waals surface area (Å²) in [5, 5.41) is 0. The van der Waals surface area contributed by atoms with Crippen LogP contribution in [0.5, 0.6) is 0 Å². The van der Waals surface area contributed by atoms with Gasteiger partial charge in [0.05, 0.1) is 5.56 Å². The number of carbonyl (C=O) groups excluding carboxylic acids is 1. The Bertz CT molecular complexity index is 461. The van der Waals surface area contributed by atoms with Crippen molar-refractivity contribution in [1.29, 1.82) is 0 Å². The first-order valence-corrected chi connectivity index (χ1v) is 7.56. The maximum atomic E-state index is 12.2. The van der Waals surface area contributed by atoms with Gasteiger partial charge in [-0.2, -0.15) is 0 Å². The van der Waals surface area contributed by atoms with Crippen LogP contribution in [-0.4, -0.2) is 36.1 Å². The minimum atomic E-state index is -0.181. The molecule has 108 valence electrons. The van der Waals surface area contributed by atoms with Gasteiger partial charge in [0.15, 0.2) is 0 Å². The molecule has 20 heavy (non-hydrogen) atoms. The zero-order chi connectivity index (χ0) is 14.3. The van der Waals surface area contributed by atoms with Crippen molar-refractivity contribution in [1.82, 2.24) is 4.90 Å². The summed E-state index contributed by atoms with van der Waals surface area (Å²) >= 11 is 0. The zero-order valence-electron chi connectivity index (χ0n) is 12.5. The van der Waals surface area contributed by atoms with Gasteiger partial charge in [-0.25, -0.2) is 4.79 Å². The van der Waals surface area contributed by atoms with Crippen molar-refractivity contribution in [2.24, 2.45) is 11.8 Å². The van der Waals surface area contributed by atoms with Crippen molar-refractivity contribution in [3.05, 3.63) is 35.9 Å². The quantitative estimate of drug-likeness (QED) is 0.776. The average molecular weight is 273 g/mol. The second-order valence-corrected chi connectivity index (χ2v) is 6.38. The number of fused-ring (bicyclic) bond motifs is 2. The van der Waals surface area contributed by atoms with E-state index in [0.717, 1.165) is 12.8 Å². The number of hydrogen-bond donors (Lipinski definition) is 0. The molecule has 3 unspecified atom stereocenters. The third-order valence-corrected chi connectivity index (χ3v) is 5.38. The predicted octanol–water partition coefficient (Wildman–Crippen LogP) is 2.96. The number of esters is 1. The van der Waals surface area contributed by atoms with Crippen molar-refractivity contribution in [2.45, 2.75) is 44.9 Å². The molecule has 5 atom stereocenters. The zero-order valence-corrected chi connectivity index (χ0v) is 12.5. The van der Waals surface area contributed by atoms with Crippen molar-refractivity contribution in [3.63, 3.8) is 0 Å². The number of piperidine rings is 1. The molecular weight excluding hydrogens is 250 g/mol. The molecule has 2 bridgehead atoms. The summed E-state index contributed by atoms with van der Waals surface area (Å²) in [5.74, 6) is 1.19. The minimum absolute atomic E-state index is 0.0707. The largest absolute Gasteiger partial charge is 0.459 e. The normalized spacial score (nSPS) is 36.9. The Morgan fingerprint density at radius 1 is 1.10 bits per heavy atom. The van der Waals surface area contributed by atoms with Gasteiger partial charge in [0.2, 0.25) is 0 Å². The van der Waals surface area contributed by atoms with E-state index < -0.39 is 0 Å². The van der Waals surface area contributed by atoms with Crippen LogP contribution in [0.4, 0.5) is 0 Å². The number of nitrogens with zero attached hydrogens (tertiary/aromatic N) is 1. The Labute approximate surface area is 120 Å². The summed E-state index contributed by atoms with van der Waals surface area (Å²) in [6.07, 6.45) is 2.01. The highest BCUT2D eigenvalue weighted by Crippen LogP contribution is 2.43. The van der Waals surface area contributed by atoms with E-state index in [-0.39, 0.29) is 12.1 Å². The topological polar surface area (TPSA) is 29.5 Å². The van der Waals surface area contributed by atoms with Gasteiger partial charge >= 0.3 is 5.97 Å². The van der Waals surface area contributed by atoms with Crippen LogP contribution in [0.2, 0.25) is 0 Å². The lowest BCUT2D eigenvalue weighted by Crippen LogP contribution is -2.44. The van der Waals surface area contributed by atoms with E-state index in [0.29, 0.717) is 29.5 Å². The SMILES string of the molecule is C[C@@H]1C2CC(OC(=O)c3ccccc3)CC([C@@H]1C)N2C. The molecule has 0 aliphatic carbocycles. The van der Waals surface area contributed by atoms with Crippen LogP contribution in [0, 0.1) is 11.8 Å². The van der Waals surface area contributed by atoms with Crippen molar-refractivity contribution >= 4 is 5.97 Å². The van der Waals surface area contributed by atoms with Crippen LogP contribution >= 0.6 is 0 Å². The lowest BCUT2D eigenvalue weighted by molar-refractivity contribution is -0.00377. The van der Waals surface area contributed by atoms with Crippen LogP contribution in [0.15, 0.2) is 30.3 Å². The number of benzene rings is 1. The summed E-state index contributed by atoms with van der Waals surface area (Å²) < 4.78 is 5.74. The molecule has 2 aliphatic rings. The standard InChI is InChI=1S/C17H23NO2/c1-11-12(2)16-10-14(9-15(11)18(16)3)20-17(19)13-7-5-4-6-8-13/h4-8,11-12,14-16H,9-10H2,1-3H3/t11-,12+,14?,15?,16?. The molecule has 3 heteroatoms. The Balaban J connectivity index is 1.68. The van der Waals surface area contributed by atoms with Crippen LogP contribution in [0.25, 0.3) is 0 Å². The van der Waals surface area contributed by atoms with Gasteiger partial charge in [0.25, 0.3) is 0 Å². The first kappa shape index (κ1) is 13.6. The molecule has 2 saturated heterocycles. The summed E-state index contributed by atoms with van der Waals surface area (Å²) in [6.45, 7) is 4.65. The fourth-order valence-corrected chi connectivity index (χ4v) is 3.98. The molecule has 2 fully saturated rings. The van der Waals surface area contributed by atoms with E-state index >= 15 is 0 Å². The number of ether oxygens (including phenoxy) is 1. The van der Waals surface area contributed by atoms with Gasteiger partial charge in [0.1, 0.15) is 6.10 Å². The maximum absolute atomic E-state index is 12.2. The van der Waals surface area contributed by atoms with Gasteiger partial charge in [-0.1, -0.05) is 32.0 Å². The monoisotopic (exact) mass is 273 g/mol. The van der Waals surface area contributed by atoms with E-state index in [1.54, 1.807) is 0 Å². The van der Waals surface area contributed by atoms with Crippen LogP contribution in [0.1, 0.15) is 37.0 Å². The van der Waals surface area contributed by atoms with Crippen molar-refractivity contribution < 1.29 is 9.53 Å². The highest BCUT2D eigenvalue weighted by molar-refractivity contribution is 5.89. The Morgan fingerprint density at radius 3 is 2.20 bits per heavy atom. The predicted molar refractivity (Wildman–Crippen MR) is 78.5 cm³/mol. The first-order chi connectivity index (χ1) is 9.58. The molecule has 1 aromatic rings. The molecule has 2 aliphatic heterocycles. The van der Waals surface area contributed by atoms with Gasteiger partial charge in [-0.05, 0) is 31.0 Å². The summed E-state index contributed by atoms with van der Waals surface area (Å²) in [5.41, 5.74) is 0.653. The first-order valence-electron chi connectivity index (χ1n) is 7.56. The Morgan fingerprint density at radius 2 is 1.65 bits per heavy atom. The second kappa shape index (κ2) is 5.21. The van der Waals surface area contributed by atoms with Crippen molar-refractivity contribution in [3.8, 4) is 0 Å². The third-order valence-electron chi connectivity index (χ3n) is 5.38. The van der Waals surface area contributed by atoms with Crippen molar-refractivity contribution in [2.75, 3.05) is 7.05 Å². The summed E-state index contributed by atoms with van der Waals surface area (Å²) in [4.78, 5) is 14.6. The van der Waals surface area contributed by atoms with Gasteiger partial charge in [0, 0.05) is 24.9 Å². The maximum Gasteiger partial charge on any atom is 0.338 e. The average Bonchev–Trinajstić information content (AvgIpc) is 2.60. The number of hydrogen-bond acceptors (Lipinski definition) is 3. The third kappa shape index (κ3) is 2.24. The van der Waals surface area contributed by atoms with Gasteiger partial charge in [-0.3, -0.25) is 4.90 Å². The molecule has 0 aromatic heterocycles. The van der Waals surface area contributed by atoms with Gasteiger partial charge in [-0.15, -0.1) is 0 Å². The molecule has 3 rings (SSSR count). The highest BCUT2D eigenvalue weighted by atomic mass is 16.5. The Hall–Kier alpha value is -1.35. The fraction of sp³-hybridized carbons (Fsp3) is 0.588. The highest BCUT2D eigenvalue weighted by Gasteiger charge is 2.48. The minimum Gasteiger partial charge on any atom is -0.459 e. The second-order valence-electron chi connectivity index (χ2n) is 6.38. The fourth-order valence-electron chi connectivity index (χ4n) is 3.98. The summed E-state index contributed by atoms with van der Waals surface area (Å²) in [7, 11) is 2.21. The van der Waals surface area contributed by atoms with Crippen LogP contribution in [-0.2, 0) is 4.74 Å². The molecule has 0 spiro atoms. The van der Waals surface area contributed by atoms with Crippen LogP contribution < -0.4 is 0 Å². The van der Waals surface area contributed by atoms with E-state index in [1.165, 1.54) is 0 Å². The molecule has 0 amide bonds. The molecule has 1 aromatic carbocycles. The smallest absolute Gasteiger partial charge is 0.338 e. The molecule has 0 radical (unpaired) electrons. The van der Waals surface area contributed by atoms with E-state index in [4.69, 9.17) is 4.74 Å². The van der Waals surface area contributed by atoms with E-state index in [2.05, 4.69) is 25.8 Å². The number of rotatable bonds is 2. The lowest BCUT2D eigenvalue weighted by atomic mass is 9.92. The molecule has 0 N–H and O–H groups in total.